The molecule has 0 aliphatic heterocycles. The van der Waals surface area contributed by atoms with Crippen LogP contribution in [0.2, 0.25) is 0 Å². The molecule has 0 fully saturated rings. The summed E-state index contributed by atoms with van der Waals surface area (Å²) in [7, 11) is 0. The topological polar surface area (TPSA) is 50.4 Å². The van der Waals surface area contributed by atoms with Crippen LogP contribution in [-0.2, 0) is 0 Å². The van der Waals surface area contributed by atoms with E-state index >= 15 is 0 Å². The van der Waals surface area contributed by atoms with E-state index in [1.165, 1.54) is 0 Å². The van der Waals surface area contributed by atoms with Gasteiger partial charge in [-0.25, -0.2) is 4.79 Å². The van der Waals surface area contributed by atoms with Crippen LogP contribution in [0, 0.1) is 6.92 Å². The summed E-state index contributed by atoms with van der Waals surface area (Å²) in [5.74, 6) is 0.803. The van der Waals surface area contributed by atoms with Crippen molar-refractivity contribution in [1.29, 1.82) is 0 Å². The fraction of sp³-hybridized carbons (Fsp3) is 0.278. The molecule has 2 aromatic rings. The molecule has 0 aromatic heterocycles. The van der Waals surface area contributed by atoms with Crippen LogP contribution in [0.15, 0.2) is 46.9 Å². The molecular formula is C18H21BrN2O2. The summed E-state index contributed by atoms with van der Waals surface area (Å²) >= 11 is 3.50. The quantitative estimate of drug-likeness (QED) is 0.767. The number of rotatable bonds is 5. The summed E-state index contributed by atoms with van der Waals surface area (Å²) in [4.78, 5) is 12.2. The maximum atomic E-state index is 12.2. The second-order valence-electron chi connectivity index (χ2n) is 5.25. The Balaban J connectivity index is 2.01. The Kier molecular flexibility index (Phi) is 6.04. The van der Waals surface area contributed by atoms with Crippen molar-refractivity contribution in [3.8, 4) is 5.75 Å². The van der Waals surface area contributed by atoms with Crippen molar-refractivity contribution in [3.05, 3.63) is 58.1 Å². The molecule has 2 N–H and O–H groups in total. The van der Waals surface area contributed by atoms with Crippen molar-refractivity contribution in [3.63, 3.8) is 0 Å². The van der Waals surface area contributed by atoms with E-state index in [-0.39, 0.29) is 12.1 Å². The van der Waals surface area contributed by atoms with E-state index in [1.54, 1.807) is 0 Å². The maximum absolute atomic E-state index is 12.2. The molecule has 0 radical (unpaired) electrons. The number of aryl methyl sites for hydroxylation is 1. The lowest BCUT2D eigenvalue weighted by Crippen LogP contribution is -2.31. The van der Waals surface area contributed by atoms with E-state index in [1.807, 2.05) is 63.2 Å². The first-order chi connectivity index (χ1) is 11.0. The normalized spacial score (nSPS) is 11.7. The van der Waals surface area contributed by atoms with Gasteiger partial charge in [-0.05, 0) is 56.2 Å². The molecule has 0 aliphatic carbocycles. The number of hydrogen-bond acceptors (Lipinski definition) is 2. The molecule has 2 amide bonds. The molecular weight excluding hydrogens is 356 g/mol. The number of benzene rings is 2. The van der Waals surface area contributed by atoms with E-state index < -0.39 is 0 Å². The number of nitrogens with one attached hydrogen (secondary N) is 2. The van der Waals surface area contributed by atoms with Gasteiger partial charge in [0.15, 0.2) is 0 Å². The van der Waals surface area contributed by atoms with Crippen molar-refractivity contribution in [2.75, 3.05) is 11.9 Å². The van der Waals surface area contributed by atoms with E-state index in [2.05, 4.69) is 26.6 Å². The highest BCUT2D eigenvalue weighted by molar-refractivity contribution is 9.10. The second kappa shape index (κ2) is 8.02. The molecule has 0 bridgehead atoms. The third kappa shape index (κ3) is 4.73. The van der Waals surface area contributed by atoms with Crippen molar-refractivity contribution in [2.45, 2.75) is 26.8 Å². The van der Waals surface area contributed by atoms with E-state index in [0.29, 0.717) is 6.61 Å². The lowest BCUT2D eigenvalue weighted by Gasteiger charge is -2.17. The summed E-state index contributed by atoms with van der Waals surface area (Å²) in [6.07, 6.45) is 0. The minimum absolute atomic E-state index is 0.103. The minimum Gasteiger partial charge on any atom is -0.494 e. The standard InChI is InChI=1S/C18H21BrN2O2/c1-4-23-14-9-10-17(12(2)11-14)21-18(22)20-13(3)15-7-5-6-8-16(15)19/h5-11,13H,4H2,1-3H3,(H2,20,21,22). The highest BCUT2D eigenvalue weighted by Crippen LogP contribution is 2.24. The van der Waals surface area contributed by atoms with Gasteiger partial charge in [0.1, 0.15) is 5.75 Å². The van der Waals surface area contributed by atoms with Crippen LogP contribution in [0.4, 0.5) is 10.5 Å². The molecule has 23 heavy (non-hydrogen) atoms. The van der Waals surface area contributed by atoms with Crippen molar-refractivity contribution >= 4 is 27.6 Å². The molecule has 0 saturated carbocycles. The number of halogens is 1. The predicted molar refractivity (Wildman–Crippen MR) is 97.1 cm³/mol. The summed E-state index contributed by atoms with van der Waals surface area (Å²) in [6, 6.07) is 13.1. The first-order valence-corrected chi connectivity index (χ1v) is 8.36. The van der Waals surface area contributed by atoms with Gasteiger partial charge < -0.3 is 15.4 Å². The zero-order valence-electron chi connectivity index (χ0n) is 13.5. The lowest BCUT2D eigenvalue weighted by molar-refractivity contribution is 0.249. The van der Waals surface area contributed by atoms with E-state index in [4.69, 9.17) is 4.74 Å². The van der Waals surface area contributed by atoms with Gasteiger partial charge in [0.05, 0.1) is 12.6 Å². The van der Waals surface area contributed by atoms with Gasteiger partial charge in [0, 0.05) is 10.2 Å². The molecule has 2 rings (SSSR count). The molecule has 1 unspecified atom stereocenters. The number of anilines is 1. The Bertz CT molecular complexity index is 688. The SMILES string of the molecule is CCOc1ccc(NC(=O)NC(C)c2ccccc2Br)c(C)c1. The first-order valence-electron chi connectivity index (χ1n) is 7.56. The van der Waals surface area contributed by atoms with Gasteiger partial charge in [-0.2, -0.15) is 0 Å². The van der Waals surface area contributed by atoms with Crippen LogP contribution in [0.3, 0.4) is 0 Å². The van der Waals surface area contributed by atoms with Crippen molar-refractivity contribution in [2.24, 2.45) is 0 Å². The number of hydrogen-bond donors (Lipinski definition) is 2. The molecule has 0 spiro atoms. The zero-order valence-corrected chi connectivity index (χ0v) is 15.1. The molecule has 1 atom stereocenters. The molecule has 5 heteroatoms. The molecule has 122 valence electrons. The Hall–Kier alpha value is -2.01. The smallest absolute Gasteiger partial charge is 0.319 e. The Morgan fingerprint density at radius 1 is 1.26 bits per heavy atom. The number of amides is 2. The van der Waals surface area contributed by atoms with Crippen LogP contribution < -0.4 is 15.4 Å². The third-order valence-electron chi connectivity index (χ3n) is 3.48. The number of carbonyl (C=O) groups excluding carboxylic acids is 1. The fourth-order valence-electron chi connectivity index (χ4n) is 2.29. The molecule has 2 aromatic carbocycles. The Morgan fingerprint density at radius 3 is 2.65 bits per heavy atom. The van der Waals surface area contributed by atoms with Crippen molar-refractivity contribution < 1.29 is 9.53 Å². The highest BCUT2D eigenvalue weighted by Gasteiger charge is 2.12. The Labute approximate surface area is 145 Å². The summed E-state index contributed by atoms with van der Waals surface area (Å²) in [5, 5.41) is 5.82. The van der Waals surface area contributed by atoms with Crippen molar-refractivity contribution in [1.82, 2.24) is 5.32 Å². The summed E-state index contributed by atoms with van der Waals surface area (Å²) < 4.78 is 6.43. The molecule has 0 saturated heterocycles. The van der Waals surface area contributed by atoms with Crippen LogP contribution >= 0.6 is 15.9 Å². The number of ether oxygens (including phenoxy) is 1. The van der Waals surface area contributed by atoms with Gasteiger partial charge in [-0.3, -0.25) is 0 Å². The average molecular weight is 377 g/mol. The van der Waals surface area contributed by atoms with Gasteiger partial charge >= 0.3 is 6.03 Å². The number of carbonyl (C=O) groups is 1. The van der Waals surface area contributed by atoms with Gasteiger partial charge in [0.2, 0.25) is 0 Å². The largest absolute Gasteiger partial charge is 0.494 e. The fourth-order valence-corrected chi connectivity index (χ4v) is 2.92. The maximum Gasteiger partial charge on any atom is 0.319 e. The van der Waals surface area contributed by atoms with Gasteiger partial charge in [0.25, 0.3) is 0 Å². The van der Waals surface area contributed by atoms with Crippen LogP contribution in [0.5, 0.6) is 5.75 Å². The minimum atomic E-state index is -0.236. The third-order valence-corrected chi connectivity index (χ3v) is 4.20. The van der Waals surface area contributed by atoms with Gasteiger partial charge in [-0.15, -0.1) is 0 Å². The summed E-state index contributed by atoms with van der Waals surface area (Å²) in [6.45, 7) is 6.45. The summed E-state index contributed by atoms with van der Waals surface area (Å²) in [5.41, 5.74) is 2.76. The van der Waals surface area contributed by atoms with Crippen LogP contribution in [0.25, 0.3) is 0 Å². The molecule has 0 heterocycles. The van der Waals surface area contributed by atoms with Crippen LogP contribution in [0.1, 0.15) is 31.0 Å². The lowest BCUT2D eigenvalue weighted by atomic mass is 10.1. The number of urea groups is 1. The Morgan fingerprint density at radius 2 is 2.00 bits per heavy atom. The van der Waals surface area contributed by atoms with Gasteiger partial charge in [-0.1, -0.05) is 34.1 Å². The van der Waals surface area contributed by atoms with E-state index in [0.717, 1.165) is 27.0 Å². The monoisotopic (exact) mass is 376 g/mol. The average Bonchev–Trinajstić information content (AvgIpc) is 2.50. The highest BCUT2D eigenvalue weighted by atomic mass is 79.9. The van der Waals surface area contributed by atoms with Crippen LogP contribution in [-0.4, -0.2) is 12.6 Å². The van der Waals surface area contributed by atoms with E-state index in [9.17, 15) is 4.79 Å². The second-order valence-corrected chi connectivity index (χ2v) is 6.11. The zero-order chi connectivity index (χ0) is 16.8. The first kappa shape index (κ1) is 17.3. The molecule has 4 nitrogen and oxygen atoms in total. The predicted octanol–water partition coefficient (Wildman–Crippen LogP) is 5.04. The molecule has 0 aliphatic rings.